The second-order valence-electron chi connectivity index (χ2n) is 6.51. The zero-order valence-electron chi connectivity index (χ0n) is 13.4. The number of carbonyl (C=O) groups is 2. The van der Waals surface area contributed by atoms with Gasteiger partial charge in [-0.1, -0.05) is 28.1 Å². The van der Waals surface area contributed by atoms with Gasteiger partial charge in [-0.25, -0.2) is 9.59 Å². The van der Waals surface area contributed by atoms with Crippen LogP contribution in [0.15, 0.2) is 22.2 Å². The number of ether oxygens (including phenoxy) is 2. The lowest BCUT2D eigenvalue weighted by molar-refractivity contribution is -0.149. The van der Waals surface area contributed by atoms with Crippen LogP contribution < -0.4 is 0 Å². The van der Waals surface area contributed by atoms with Gasteiger partial charge in [0.15, 0.2) is 0 Å². The first-order valence-electron chi connectivity index (χ1n) is 7.37. The molecule has 1 heterocycles. The van der Waals surface area contributed by atoms with E-state index in [1.54, 1.807) is 0 Å². The normalized spacial score (nSPS) is 24.9. The highest BCUT2D eigenvalue weighted by Crippen LogP contribution is 2.39. The summed E-state index contributed by atoms with van der Waals surface area (Å²) in [6.45, 7) is 5.89. The topological polar surface area (TPSA) is 55.8 Å². The van der Waals surface area contributed by atoms with Crippen LogP contribution in [0.5, 0.6) is 0 Å². The van der Waals surface area contributed by atoms with Crippen LogP contribution in [-0.4, -0.2) is 42.3 Å². The summed E-state index contributed by atoms with van der Waals surface area (Å²) in [6, 6.07) is -0.638. The van der Waals surface area contributed by atoms with Crippen LogP contribution >= 0.6 is 15.9 Å². The standard InChI is InChI=1S/C16H22BrNO4/c1-16(2,3)22-15(20)18-9-8-10-11(6-5-7-12(10)17)13(18)14(19)21-4/h5,7,11,13H,6,8-9H2,1-4H3. The molecule has 0 aromatic carbocycles. The highest BCUT2D eigenvalue weighted by atomic mass is 79.9. The summed E-state index contributed by atoms with van der Waals surface area (Å²) in [5.74, 6) is -0.461. The maximum Gasteiger partial charge on any atom is 0.411 e. The molecule has 22 heavy (non-hydrogen) atoms. The Morgan fingerprint density at radius 1 is 1.36 bits per heavy atom. The monoisotopic (exact) mass is 371 g/mol. The summed E-state index contributed by atoms with van der Waals surface area (Å²) in [6.07, 6.45) is 4.98. The summed E-state index contributed by atoms with van der Waals surface area (Å²) >= 11 is 3.54. The van der Waals surface area contributed by atoms with Crippen LogP contribution in [0.4, 0.5) is 4.79 Å². The minimum atomic E-state index is -0.638. The minimum Gasteiger partial charge on any atom is -0.467 e. The van der Waals surface area contributed by atoms with Gasteiger partial charge in [0.25, 0.3) is 0 Å². The number of hydrogen-bond donors (Lipinski definition) is 0. The first-order chi connectivity index (χ1) is 10.2. The van der Waals surface area contributed by atoms with Gasteiger partial charge < -0.3 is 9.47 Å². The fraction of sp³-hybridized carbons (Fsp3) is 0.625. The van der Waals surface area contributed by atoms with Gasteiger partial charge in [0.2, 0.25) is 0 Å². The first kappa shape index (κ1) is 17.1. The van der Waals surface area contributed by atoms with Crippen molar-refractivity contribution in [2.75, 3.05) is 13.7 Å². The molecule has 1 fully saturated rings. The van der Waals surface area contributed by atoms with Gasteiger partial charge in [0, 0.05) is 16.9 Å². The Bertz CT molecular complexity index is 533. The van der Waals surface area contributed by atoms with E-state index in [0.717, 1.165) is 16.5 Å². The van der Waals surface area contributed by atoms with Crippen molar-refractivity contribution in [1.82, 2.24) is 4.90 Å². The number of likely N-dealkylation sites (tertiary alicyclic amines) is 1. The molecule has 122 valence electrons. The average Bonchev–Trinajstić information content (AvgIpc) is 2.44. The van der Waals surface area contributed by atoms with Gasteiger partial charge in [-0.15, -0.1) is 0 Å². The van der Waals surface area contributed by atoms with Crippen molar-refractivity contribution >= 4 is 28.0 Å². The van der Waals surface area contributed by atoms with Crippen molar-refractivity contribution < 1.29 is 19.1 Å². The van der Waals surface area contributed by atoms with Crippen LogP contribution in [-0.2, 0) is 14.3 Å². The molecule has 1 saturated heterocycles. The number of hydrogen-bond acceptors (Lipinski definition) is 4. The van der Waals surface area contributed by atoms with E-state index in [-0.39, 0.29) is 5.92 Å². The molecule has 2 aliphatic rings. The van der Waals surface area contributed by atoms with Crippen LogP contribution in [0.3, 0.4) is 0 Å². The Labute approximate surface area is 139 Å². The molecule has 1 aliphatic carbocycles. The van der Waals surface area contributed by atoms with E-state index in [1.165, 1.54) is 12.0 Å². The Balaban J connectivity index is 2.30. The van der Waals surface area contributed by atoms with Gasteiger partial charge in [0.05, 0.1) is 7.11 Å². The maximum absolute atomic E-state index is 12.5. The van der Waals surface area contributed by atoms with E-state index in [2.05, 4.69) is 15.9 Å². The summed E-state index contributed by atoms with van der Waals surface area (Å²) in [5.41, 5.74) is 0.568. The van der Waals surface area contributed by atoms with Crippen molar-refractivity contribution in [3.8, 4) is 0 Å². The Hall–Kier alpha value is -1.30. The van der Waals surface area contributed by atoms with E-state index in [9.17, 15) is 9.59 Å². The van der Waals surface area contributed by atoms with Gasteiger partial charge in [-0.05, 0) is 39.2 Å². The van der Waals surface area contributed by atoms with Gasteiger partial charge in [-0.3, -0.25) is 4.90 Å². The number of carbonyl (C=O) groups excluding carboxylic acids is 2. The Morgan fingerprint density at radius 2 is 2.05 bits per heavy atom. The van der Waals surface area contributed by atoms with E-state index in [1.807, 2.05) is 32.9 Å². The van der Waals surface area contributed by atoms with Crippen LogP contribution in [0.2, 0.25) is 0 Å². The number of piperidine rings is 1. The van der Waals surface area contributed by atoms with E-state index >= 15 is 0 Å². The maximum atomic E-state index is 12.5. The molecule has 1 aliphatic heterocycles. The lowest BCUT2D eigenvalue weighted by Crippen LogP contribution is -2.55. The van der Waals surface area contributed by atoms with Crippen molar-refractivity contribution in [3.05, 3.63) is 22.2 Å². The second kappa shape index (κ2) is 6.44. The molecule has 0 bridgehead atoms. The minimum absolute atomic E-state index is 0.0620. The summed E-state index contributed by atoms with van der Waals surface area (Å²) in [4.78, 5) is 26.2. The third-order valence-electron chi connectivity index (χ3n) is 3.82. The summed E-state index contributed by atoms with van der Waals surface area (Å²) in [5, 5.41) is 0. The zero-order chi connectivity index (χ0) is 16.5. The highest BCUT2D eigenvalue weighted by Gasteiger charge is 2.44. The molecule has 0 aromatic rings. The van der Waals surface area contributed by atoms with Crippen molar-refractivity contribution in [3.63, 3.8) is 0 Å². The summed E-state index contributed by atoms with van der Waals surface area (Å²) < 4.78 is 11.4. The fourth-order valence-corrected chi connectivity index (χ4v) is 3.58. The molecule has 5 nitrogen and oxygen atoms in total. The predicted octanol–water partition coefficient (Wildman–Crippen LogP) is 3.39. The summed E-state index contributed by atoms with van der Waals surface area (Å²) in [7, 11) is 1.35. The number of fused-ring (bicyclic) bond motifs is 1. The first-order valence-corrected chi connectivity index (χ1v) is 8.16. The molecule has 2 rings (SSSR count). The number of allylic oxidation sites excluding steroid dienone is 3. The van der Waals surface area contributed by atoms with Crippen molar-refractivity contribution in [2.45, 2.75) is 45.3 Å². The second-order valence-corrected chi connectivity index (χ2v) is 7.36. The molecular weight excluding hydrogens is 350 g/mol. The van der Waals surface area contributed by atoms with Gasteiger partial charge in [0.1, 0.15) is 11.6 Å². The quantitative estimate of drug-likeness (QED) is 0.662. The highest BCUT2D eigenvalue weighted by molar-refractivity contribution is 9.11. The molecular formula is C16H22BrNO4. The van der Waals surface area contributed by atoms with Crippen LogP contribution in [0, 0.1) is 5.92 Å². The van der Waals surface area contributed by atoms with Crippen molar-refractivity contribution in [1.29, 1.82) is 0 Å². The molecule has 0 spiro atoms. The lowest BCUT2D eigenvalue weighted by atomic mass is 9.80. The van der Waals surface area contributed by atoms with Crippen molar-refractivity contribution in [2.24, 2.45) is 5.92 Å². The largest absolute Gasteiger partial charge is 0.467 e. The molecule has 0 aromatic heterocycles. The molecule has 0 N–H and O–H groups in total. The van der Waals surface area contributed by atoms with Gasteiger partial charge >= 0.3 is 12.1 Å². The SMILES string of the molecule is COC(=O)C1C2CC=CC(Br)=C2CCN1C(=O)OC(C)(C)C. The molecule has 0 radical (unpaired) electrons. The predicted molar refractivity (Wildman–Crippen MR) is 86.6 cm³/mol. The van der Waals surface area contributed by atoms with E-state index < -0.39 is 23.7 Å². The Morgan fingerprint density at radius 3 is 2.64 bits per heavy atom. The zero-order valence-corrected chi connectivity index (χ0v) is 15.0. The molecule has 2 unspecified atom stereocenters. The Kier molecular flexibility index (Phi) is 5.00. The van der Waals surface area contributed by atoms with Crippen LogP contribution in [0.25, 0.3) is 0 Å². The third-order valence-corrected chi connectivity index (χ3v) is 4.59. The number of amides is 1. The average molecular weight is 372 g/mol. The van der Waals surface area contributed by atoms with Crippen LogP contribution in [0.1, 0.15) is 33.6 Å². The molecule has 1 amide bonds. The van der Waals surface area contributed by atoms with Gasteiger partial charge in [-0.2, -0.15) is 0 Å². The third kappa shape index (κ3) is 3.54. The smallest absolute Gasteiger partial charge is 0.411 e. The van der Waals surface area contributed by atoms with E-state index in [0.29, 0.717) is 13.0 Å². The number of halogens is 1. The lowest BCUT2D eigenvalue weighted by Gasteiger charge is -2.42. The number of rotatable bonds is 1. The molecule has 2 atom stereocenters. The fourth-order valence-electron chi connectivity index (χ4n) is 2.90. The number of esters is 1. The number of nitrogens with zero attached hydrogens (tertiary/aromatic N) is 1. The molecule has 0 saturated carbocycles. The number of methoxy groups -OCH3 is 1. The van der Waals surface area contributed by atoms with E-state index in [4.69, 9.17) is 9.47 Å². The molecule has 6 heteroatoms.